The first-order valence-electron chi connectivity index (χ1n) is 2.60. The van der Waals surface area contributed by atoms with Crippen LogP contribution in [0.3, 0.4) is 0 Å². The predicted octanol–water partition coefficient (Wildman–Crippen LogP) is 1.07. The highest BCUT2D eigenvalue weighted by atomic mass is 32.2. The third kappa shape index (κ3) is 4.56. The molecular weight excluding hydrogens is 138 g/mol. The van der Waals surface area contributed by atoms with Crippen molar-refractivity contribution < 1.29 is 0 Å². The van der Waals surface area contributed by atoms with Gasteiger partial charge in [-0.1, -0.05) is 19.1 Å². The molecule has 1 unspecified atom stereocenters. The quantitative estimate of drug-likeness (QED) is 0.605. The van der Waals surface area contributed by atoms with Crippen LogP contribution in [0.15, 0.2) is 0 Å². The summed E-state index contributed by atoms with van der Waals surface area (Å²) < 4.78 is 0. The summed E-state index contributed by atoms with van der Waals surface area (Å²) in [6.45, 7) is 2.11. The van der Waals surface area contributed by atoms with E-state index in [0.717, 1.165) is 11.5 Å². The van der Waals surface area contributed by atoms with Crippen LogP contribution in [0.25, 0.3) is 0 Å². The van der Waals surface area contributed by atoms with Crippen LogP contribution >= 0.6 is 24.0 Å². The third-order valence-electron chi connectivity index (χ3n) is 0.689. The minimum Gasteiger partial charge on any atom is -0.323 e. The largest absolute Gasteiger partial charge is 0.323 e. The van der Waals surface area contributed by atoms with E-state index < -0.39 is 0 Å². The minimum atomic E-state index is 0.106. The molecule has 0 aliphatic heterocycles. The Balaban J connectivity index is 2.98. The van der Waals surface area contributed by atoms with Crippen molar-refractivity contribution in [2.24, 2.45) is 5.73 Å². The topological polar surface area (TPSA) is 26.0 Å². The summed E-state index contributed by atoms with van der Waals surface area (Å²) in [6, 6.07) is 0.106. The van der Waals surface area contributed by atoms with Crippen molar-refractivity contribution in [1.29, 1.82) is 0 Å². The number of hydrogen-bond acceptors (Lipinski definition) is 3. The zero-order chi connectivity index (χ0) is 6.41. The van der Waals surface area contributed by atoms with Crippen molar-refractivity contribution in [3.8, 4) is 0 Å². The van der Waals surface area contributed by atoms with Crippen LogP contribution in [0, 0.1) is 0 Å². The van der Waals surface area contributed by atoms with Crippen LogP contribution in [-0.4, -0.2) is 22.9 Å². The molecule has 0 saturated carbocycles. The molecule has 0 spiro atoms. The summed E-state index contributed by atoms with van der Waals surface area (Å²) >= 11 is 6.44. The highest BCUT2D eigenvalue weighted by Crippen LogP contribution is 1.97. The van der Waals surface area contributed by atoms with Gasteiger partial charge in [-0.3, -0.25) is 0 Å². The molecule has 0 saturated heterocycles. The average Bonchev–Trinajstić information content (AvgIpc) is 1.83. The number of nitrogens with two attached hydrogens (primary N) is 1. The van der Waals surface area contributed by atoms with Crippen molar-refractivity contribution in [3.63, 3.8) is 0 Å². The monoisotopic (exact) mass is 149 g/mol. The van der Waals surface area contributed by atoms with Crippen molar-refractivity contribution in [2.75, 3.05) is 11.5 Å². The van der Waals surface area contributed by atoms with Crippen LogP contribution in [-0.2, 0) is 0 Å². The van der Waals surface area contributed by atoms with Gasteiger partial charge in [0.05, 0.1) is 0 Å². The molecule has 0 radical (unpaired) electrons. The smallest absolute Gasteiger partial charge is 0.0420 e. The van der Waals surface area contributed by atoms with E-state index in [9.17, 15) is 0 Å². The molecule has 48 valence electrons. The Kier molecular flexibility index (Phi) is 5.81. The van der Waals surface area contributed by atoms with E-state index in [1.54, 1.807) is 5.37 Å². The number of thiocarbonyl (C=S) groups is 1. The maximum absolute atomic E-state index is 5.48. The van der Waals surface area contributed by atoms with Gasteiger partial charge in [0, 0.05) is 11.8 Å². The third-order valence-corrected chi connectivity index (χ3v) is 2.07. The maximum atomic E-state index is 5.48. The first-order valence-corrected chi connectivity index (χ1v) is 4.22. The van der Waals surface area contributed by atoms with Gasteiger partial charge >= 0.3 is 0 Å². The van der Waals surface area contributed by atoms with Crippen LogP contribution in [0.5, 0.6) is 0 Å². The van der Waals surface area contributed by atoms with E-state index in [-0.39, 0.29) is 6.04 Å². The number of hydrogen-bond donors (Lipinski definition) is 1. The van der Waals surface area contributed by atoms with Crippen molar-refractivity contribution >= 4 is 29.3 Å². The Labute approximate surface area is 60.0 Å². The zero-order valence-electron chi connectivity index (χ0n) is 4.96. The van der Waals surface area contributed by atoms with Crippen molar-refractivity contribution in [2.45, 2.75) is 13.0 Å². The van der Waals surface area contributed by atoms with Crippen LogP contribution in [0.4, 0.5) is 0 Å². The first-order chi connectivity index (χ1) is 3.81. The van der Waals surface area contributed by atoms with Crippen molar-refractivity contribution in [1.82, 2.24) is 0 Å². The van der Waals surface area contributed by atoms with Gasteiger partial charge in [0.2, 0.25) is 0 Å². The molecule has 8 heavy (non-hydrogen) atoms. The minimum absolute atomic E-state index is 0.106. The Morgan fingerprint density at radius 3 is 2.88 bits per heavy atom. The molecule has 0 fully saturated rings. The van der Waals surface area contributed by atoms with Gasteiger partial charge in [-0.25, -0.2) is 0 Å². The molecule has 0 amide bonds. The van der Waals surface area contributed by atoms with Gasteiger partial charge in [0.25, 0.3) is 0 Å². The second-order valence-electron chi connectivity index (χ2n) is 1.46. The molecule has 0 aliphatic carbocycles. The molecule has 1 nitrogen and oxygen atoms in total. The highest BCUT2D eigenvalue weighted by Gasteiger charge is 1.93. The summed E-state index contributed by atoms with van der Waals surface area (Å²) in [5.74, 6) is 2.08. The molecule has 0 aliphatic rings. The second kappa shape index (κ2) is 5.54. The molecule has 0 aromatic carbocycles. The molecule has 0 aromatic heterocycles. The Morgan fingerprint density at radius 2 is 2.50 bits per heavy atom. The Hall–Kier alpha value is 0.400. The van der Waals surface area contributed by atoms with Crippen LogP contribution < -0.4 is 5.73 Å². The Bertz CT molecular complexity index is 65.4. The fraction of sp³-hybridized carbons (Fsp3) is 0.800. The SMILES string of the molecule is CCSCC(N)C=S. The van der Waals surface area contributed by atoms with E-state index in [4.69, 9.17) is 5.73 Å². The summed E-state index contributed by atoms with van der Waals surface area (Å²) in [4.78, 5) is 0. The number of thioether (sulfide) groups is 1. The summed E-state index contributed by atoms with van der Waals surface area (Å²) in [5, 5.41) is 1.61. The molecule has 2 N–H and O–H groups in total. The molecule has 0 rings (SSSR count). The molecule has 3 heteroatoms. The standard InChI is InChI=1S/C5H11NS2/c1-2-8-4-5(6)3-7/h3,5H,2,4,6H2,1H3. The van der Waals surface area contributed by atoms with Gasteiger partial charge < -0.3 is 5.73 Å². The van der Waals surface area contributed by atoms with Crippen molar-refractivity contribution in [3.05, 3.63) is 0 Å². The predicted molar refractivity (Wildman–Crippen MR) is 44.6 cm³/mol. The maximum Gasteiger partial charge on any atom is 0.0420 e. The van der Waals surface area contributed by atoms with Crippen LogP contribution in [0.1, 0.15) is 6.92 Å². The van der Waals surface area contributed by atoms with Gasteiger partial charge in [0.1, 0.15) is 0 Å². The van der Waals surface area contributed by atoms with E-state index in [1.807, 2.05) is 11.8 Å². The molecular formula is C5H11NS2. The van der Waals surface area contributed by atoms with Gasteiger partial charge in [-0.15, -0.1) is 0 Å². The lowest BCUT2D eigenvalue weighted by atomic mass is 10.4. The Morgan fingerprint density at radius 1 is 1.88 bits per heavy atom. The van der Waals surface area contributed by atoms with E-state index in [0.29, 0.717) is 0 Å². The molecule has 1 atom stereocenters. The highest BCUT2D eigenvalue weighted by molar-refractivity contribution is 7.99. The molecule has 0 aromatic rings. The first kappa shape index (κ1) is 8.40. The zero-order valence-corrected chi connectivity index (χ0v) is 6.60. The lowest BCUT2D eigenvalue weighted by molar-refractivity contribution is 1.02. The van der Waals surface area contributed by atoms with Gasteiger partial charge in [-0.2, -0.15) is 11.8 Å². The van der Waals surface area contributed by atoms with Gasteiger partial charge in [-0.05, 0) is 11.1 Å². The van der Waals surface area contributed by atoms with E-state index in [1.165, 1.54) is 0 Å². The van der Waals surface area contributed by atoms with E-state index >= 15 is 0 Å². The normalized spacial score (nSPS) is 13.2. The van der Waals surface area contributed by atoms with Crippen LogP contribution in [0.2, 0.25) is 0 Å². The summed E-state index contributed by atoms with van der Waals surface area (Å²) in [7, 11) is 0. The fourth-order valence-corrected chi connectivity index (χ4v) is 1.12. The van der Waals surface area contributed by atoms with E-state index in [2.05, 4.69) is 19.1 Å². The fourth-order valence-electron chi connectivity index (χ4n) is 0.293. The molecule has 0 bridgehead atoms. The summed E-state index contributed by atoms with van der Waals surface area (Å²) in [5.41, 5.74) is 5.48. The number of rotatable bonds is 4. The lowest BCUT2D eigenvalue weighted by Crippen LogP contribution is -2.23. The lowest BCUT2D eigenvalue weighted by Gasteiger charge is -2.00. The average molecular weight is 149 g/mol. The molecule has 0 heterocycles. The summed E-state index contributed by atoms with van der Waals surface area (Å²) in [6.07, 6.45) is 0. The van der Waals surface area contributed by atoms with Gasteiger partial charge in [0.15, 0.2) is 0 Å². The second-order valence-corrected chi connectivity index (χ2v) is 3.05.